The van der Waals surface area contributed by atoms with Crippen LogP contribution in [0.25, 0.3) is 89.4 Å². The number of fused-ring (bicyclic) bond motifs is 3. The summed E-state index contributed by atoms with van der Waals surface area (Å²) in [6.07, 6.45) is 3.70. The van der Waals surface area contributed by atoms with E-state index in [9.17, 15) is 0 Å². The van der Waals surface area contributed by atoms with Crippen molar-refractivity contribution in [2.75, 3.05) is 0 Å². The predicted molar refractivity (Wildman–Crippen MR) is 203 cm³/mol. The van der Waals surface area contributed by atoms with Crippen LogP contribution < -0.4 is 0 Å². The molecule has 0 radical (unpaired) electrons. The SMILES string of the molecule is c1ccc(-c2ccc(-c3nc(-c4ccccc4)nc(-c4ccc(-c5cccc(-c6ccnc7c6ccc6cccnc67)c5)cc4)n3)cc2)cc1. The van der Waals surface area contributed by atoms with E-state index < -0.39 is 0 Å². The monoisotopic (exact) mass is 639 g/mol. The van der Waals surface area contributed by atoms with E-state index in [2.05, 4.69) is 126 Å². The topological polar surface area (TPSA) is 64.5 Å². The zero-order valence-electron chi connectivity index (χ0n) is 27.0. The molecule has 5 heteroatoms. The van der Waals surface area contributed by atoms with Crippen LogP contribution in [-0.4, -0.2) is 24.9 Å². The molecule has 0 saturated carbocycles. The quantitative estimate of drug-likeness (QED) is 0.169. The zero-order valence-corrected chi connectivity index (χ0v) is 27.0. The van der Waals surface area contributed by atoms with Crippen molar-refractivity contribution >= 4 is 21.8 Å². The summed E-state index contributed by atoms with van der Waals surface area (Å²) in [7, 11) is 0. The van der Waals surface area contributed by atoms with Gasteiger partial charge in [-0.15, -0.1) is 0 Å². The van der Waals surface area contributed by atoms with Crippen molar-refractivity contribution in [3.8, 4) is 67.5 Å². The fraction of sp³-hybridized carbons (Fsp3) is 0. The third-order valence-corrected chi connectivity index (χ3v) is 9.05. The van der Waals surface area contributed by atoms with Crippen LogP contribution in [0.3, 0.4) is 0 Å². The van der Waals surface area contributed by atoms with Crippen molar-refractivity contribution in [3.63, 3.8) is 0 Å². The molecule has 9 aromatic rings. The molecule has 0 aliphatic heterocycles. The first kappa shape index (κ1) is 29.3. The summed E-state index contributed by atoms with van der Waals surface area (Å²) in [5.41, 5.74) is 11.4. The molecule has 0 aliphatic carbocycles. The van der Waals surface area contributed by atoms with Crippen molar-refractivity contribution in [2.45, 2.75) is 0 Å². The molecule has 5 nitrogen and oxygen atoms in total. The number of nitrogens with zero attached hydrogens (tertiary/aromatic N) is 5. The molecule has 50 heavy (non-hydrogen) atoms. The number of benzene rings is 6. The van der Waals surface area contributed by atoms with E-state index in [4.69, 9.17) is 19.9 Å². The van der Waals surface area contributed by atoms with Crippen molar-refractivity contribution in [1.82, 2.24) is 24.9 Å². The summed E-state index contributed by atoms with van der Waals surface area (Å²) in [6.45, 7) is 0. The summed E-state index contributed by atoms with van der Waals surface area (Å²) in [5.74, 6) is 1.91. The molecule has 0 bridgehead atoms. The highest BCUT2D eigenvalue weighted by molar-refractivity contribution is 6.08. The van der Waals surface area contributed by atoms with Gasteiger partial charge in [0.2, 0.25) is 0 Å². The molecular weight excluding hydrogens is 611 g/mol. The van der Waals surface area contributed by atoms with Gasteiger partial charge in [-0.25, -0.2) is 15.0 Å². The summed E-state index contributed by atoms with van der Waals surface area (Å²) in [4.78, 5) is 24.2. The van der Waals surface area contributed by atoms with Crippen LogP contribution in [0.4, 0.5) is 0 Å². The Morgan fingerprint density at radius 3 is 1.46 bits per heavy atom. The van der Waals surface area contributed by atoms with Crippen molar-refractivity contribution in [2.24, 2.45) is 0 Å². The average molecular weight is 640 g/mol. The van der Waals surface area contributed by atoms with Crippen LogP contribution in [0.5, 0.6) is 0 Å². The zero-order chi connectivity index (χ0) is 33.3. The van der Waals surface area contributed by atoms with Gasteiger partial charge in [0.05, 0.1) is 11.0 Å². The van der Waals surface area contributed by atoms with Crippen LogP contribution >= 0.6 is 0 Å². The van der Waals surface area contributed by atoms with E-state index >= 15 is 0 Å². The third kappa shape index (κ3) is 5.57. The van der Waals surface area contributed by atoms with Crippen LogP contribution in [0, 0.1) is 0 Å². The summed E-state index contributed by atoms with van der Waals surface area (Å²) in [6, 6.07) is 56.3. The maximum atomic E-state index is 4.98. The van der Waals surface area contributed by atoms with E-state index in [0.717, 1.165) is 66.3 Å². The van der Waals surface area contributed by atoms with Gasteiger partial charge in [-0.05, 0) is 51.6 Å². The highest BCUT2D eigenvalue weighted by atomic mass is 15.0. The highest BCUT2D eigenvalue weighted by Gasteiger charge is 2.14. The lowest BCUT2D eigenvalue weighted by Crippen LogP contribution is -2.00. The van der Waals surface area contributed by atoms with Gasteiger partial charge in [-0.1, -0.05) is 146 Å². The first-order chi connectivity index (χ1) is 24.8. The summed E-state index contributed by atoms with van der Waals surface area (Å²) in [5, 5.41) is 2.17. The Morgan fingerprint density at radius 2 is 0.800 bits per heavy atom. The molecule has 3 aromatic heterocycles. The standard InChI is InChI=1S/C45H29N5/c1-3-9-30(10-4-1)31-16-20-35(21-17-31)44-48-43(34-11-5-2-6-12-34)49-45(50-44)36-22-18-32(19-23-36)37-13-7-14-38(29-37)39-26-28-47-42-40(39)25-24-33-15-8-27-46-41(33)42/h1-29H. The number of rotatable bonds is 6. The van der Waals surface area contributed by atoms with Gasteiger partial charge in [-0.3, -0.25) is 9.97 Å². The fourth-order valence-electron chi connectivity index (χ4n) is 6.48. The van der Waals surface area contributed by atoms with Gasteiger partial charge in [0.15, 0.2) is 17.5 Å². The number of aromatic nitrogens is 5. The van der Waals surface area contributed by atoms with E-state index in [0.29, 0.717) is 17.5 Å². The number of hydrogen-bond donors (Lipinski definition) is 0. The largest absolute Gasteiger partial charge is 0.254 e. The molecule has 0 aliphatic rings. The normalized spacial score (nSPS) is 11.2. The lowest BCUT2D eigenvalue weighted by molar-refractivity contribution is 1.07. The second kappa shape index (κ2) is 12.6. The lowest BCUT2D eigenvalue weighted by Gasteiger charge is -2.11. The van der Waals surface area contributed by atoms with Gasteiger partial charge in [0, 0.05) is 39.9 Å². The lowest BCUT2D eigenvalue weighted by atomic mass is 9.96. The van der Waals surface area contributed by atoms with Crippen molar-refractivity contribution in [1.29, 1.82) is 0 Å². The maximum Gasteiger partial charge on any atom is 0.164 e. The minimum Gasteiger partial charge on any atom is -0.254 e. The van der Waals surface area contributed by atoms with E-state index in [1.807, 2.05) is 54.9 Å². The highest BCUT2D eigenvalue weighted by Crippen LogP contribution is 2.34. The minimum atomic E-state index is 0.630. The van der Waals surface area contributed by atoms with Gasteiger partial charge in [-0.2, -0.15) is 0 Å². The summed E-state index contributed by atoms with van der Waals surface area (Å²) < 4.78 is 0. The third-order valence-electron chi connectivity index (χ3n) is 9.05. The smallest absolute Gasteiger partial charge is 0.164 e. The fourth-order valence-corrected chi connectivity index (χ4v) is 6.48. The molecule has 0 fully saturated rings. The summed E-state index contributed by atoms with van der Waals surface area (Å²) >= 11 is 0. The minimum absolute atomic E-state index is 0.630. The Balaban J connectivity index is 1.07. The molecule has 6 aromatic carbocycles. The van der Waals surface area contributed by atoms with Crippen LogP contribution in [0.2, 0.25) is 0 Å². The molecule has 0 saturated heterocycles. The first-order valence-electron chi connectivity index (χ1n) is 16.6. The first-order valence-corrected chi connectivity index (χ1v) is 16.6. The Labute approximate surface area is 289 Å². The van der Waals surface area contributed by atoms with Crippen LogP contribution in [0.15, 0.2) is 176 Å². The van der Waals surface area contributed by atoms with Crippen molar-refractivity contribution < 1.29 is 0 Å². The molecule has 234 valence electrons. The number of hydrogen-bond acceptors (Lipinski definition) is 5. The molecule has 0 amide bonds. The van der Waals surface area contributed by atoms with E-state index in [1.165, 1.54) is 5.56 Å². The number of pyridine rings is 2. The van der Waals surface area contributed by atoms with Gasteiger partial charge < -0.3 is 0 Å². The Kier molecular flexibility index (Phi) is 7.41. The Bertz CT molecular complexity index is 2620. The van der Waals surface area contributed by atoms with E-state index in [-0.39, 0.29) is 0 Å². The Morgan fingerprint density at radius 1 is 0.300 bits per heavy atom. The molecule has 0 spiro atoms. The second-order valence-electron chi connectivity index (χ2n) is 12.2. The molecule has 3 heterocycles. The molecule has 0 N–H and O–H groups in total. The van der Waals surface area contributed by atoms with Crippen LogP contribution in [-0.2, 0) is 0 Å². The van der Waals surface area contributed by atoms with E-state index in [1.54, 1.807) is 0 Å². The molecule has 0 unspecified atom stereocenters. The maximum absolute atomic E-state index is 4.98. The van der Waals surface area contributed by atoms with Crippen LogP contribution in [0.1, 0.15) is 0 Å². The Hall–Kier alpha value is -6.85. The average Bonchev–Trinajstić information content (AvgIpc) is 3.21. The second-order valence-corrected chi connectivity index (χ2v) is 12.2. The van der Waals surface area contributed by atoms with Gasteiger partial charge in [0.1, 0.15) is 0 Å². The van der Waals surface area contributed by atoms with Gasteiger partial charge >= 0.3 is 0 Å². The molecule has 0 atom stereocenters. The van der Waals surface area contributed by atoms with Crippen molar-refractivity contribution in [3.05, 3.63) is 176 Å². The predicted octanol–water partition coefficient (Wildman–Crippen LogP) is 11.0. The molecule has 9 rings (SSSR count). The van der Waals surface area contributed by atoms with Gasteiger partial charge in [0.25, 0.3) is 0 Å². The molecular formula is C45H29N5.